The molecule has 1 fully saturated rings. The second kappa shape index (κ2) is 15.7. The first kappa shape index (κ1) is 27.2. The predicted molar refractivity (Wildman–Crippen MR) is 146 cm³/mol. The topological polar surface area (TPSA) is 71.0 Å². The van der Waals surface area contributed by atoms with Crippen molar-refractivity contribution in [3.8, 4) is 5.75 Å². The second-order valence-electron chi connectivity index (χ2n) is 7.91. The highest BCUT2D eigenvalue weighted by molar-refractivity contribution is 14.0. The van der Waals surface area contributed by atoms with Crippen LogP contribution in [-0.2, 0) is 17.8 Å². The number of rotatable bonds is 11. The van der Waals surface area contributed by atoms with Gasteiger partial charge in [-0.3, -0.25) is 0 Å². The average Bonchev–Trinajstić information content (AvgIpc) is 2.86. The normalized spacial score (nSPS) is 13.9. The second-order valence-corrected chi connectivity index (χ2v) is 7.91. The Morgan fingerprint density at radius 1 is 1.06 bits per heavy atom. The van der Waals surface area contributed by atoms with E-state index >= 15 is 0 Å². The number of guanidine groups is 1. The van der Waals surface area contributed by atoms with Crippen molar-refractivity contribution in [2.75, 3.05) is 44.9 Å². The van der Waals surface area contributed by atoms with Crippen LogP contribution in [0.4, 0.5) is 5.82 Å². The third-order valence-corrected chi connectivity index (χ3v) is 5.49. The van der Waals surface area contributed by atoms with E-state index in [9.17, 15) is 0 Å². The molecule has 33 heavy (non-hydrogen) atoms. The summed E-state index contributed by atoms with van der Waals surface area (Å²) in [6, 6.07) is 12.3. The van der Waals surface area contributed by atoms with Gasteiger partial charge in [0, 0.05) is 45.6 Å². The van der Waals surface area contributed by atoms with Crippen LogP contribution in [0.1, 0.15) is 43.7 Å². The summed E-state index contributed by atoms with van der Waals surface area (Å²) in [5.74, 6) is 2.72. The van der Waals surface area contributed by atoms with E-state index in [1.807, 2.05) is 31.3 Å². The minimum Gasteiger partial charge on any atom is -0.497 e. The maximum atomic E-state index is 5.44. The number of aromatic nitrogens is 1. The Morgan fingerprint density at radius 3 is 2.58 bits per heavy atom. The van der Waals surface area contributed by atoms with E-state index in [-0.39, 0.29) is 24.0 Å². The molecule has 2 heterocycles. The highest BCUT2D eigenvalue weighted by Gasteiger charge is 2.12. The van der Waals surface area contributed by atoms with Gasteiger partial charge in [-0.2, -0.15) is 0 Å². The molecule has 0 aliphatic carbocycles. The minimum absolute atomic E-state index is 0. The molecule has 0 spiro atoms. The highest BCUT2D eigenvalue weighted by Crippen LogP contribution is 2.18. The van der Waals surface area contributed by atoms with Crippen LogP contribution in [0.15, 0.2) is 47.6 Å². The first-order valence-corrected chi connectivity index (χ1v) is 11.7. The molecular weight excluding hydrogens is 529 g/mol. The zero-order valence-electron chi connectivity index (χ0n) is 19.9. The van der Waals surface area contributed by atoms with Crippen LogP contribution in [0.5, 0.6) is 5.75 Å². The summed E-state index contributed by atoms with van der Waals surface area (Å²) in [6.07, 6.45) is 6.64. The van der Waals surface area contributed by atoms with Gasteiger partial charge in [0.25, 0.3) is 0 Å². The van der Waals surface area contributed by atoms with E-state index < -0.39 is 0 Å². The minimum atomic E-state index is 0. The highest BCUT2D eigenvalue weighted by atomic mass is 127. The molecule has 0 bridgehead atoms. The number of benzene rings is 1. The van der Waals surface area contributed by atoms with Gasteiger partial charge in [-0.25, -0.2) is 9.98 Å². The van der Waals surface area contributed by atoms with Crippen molar-refractivity contribution < 1.29 is 9.47 Å². The Bertz CT molecular complexity index is 826. The Kier molecular flexibility index (Phi) is 12.9. The fraction of sp³-hybridized carbons (Fsp3) is 0.520. The quantitative estimate of drug-likeness (QED) is 0.182. The van der Waals surface area contributed by atoms with Crippen molar-refractivity contribution in [2.24, 2.45) is 4.99 Å². The Hall–Kier alpha value is -2.07. The number of nitrogens with zero attached hydrogens (tertiary/aromatic N) is 3. The number of pyridine rings is 1. The van der Waals surface area contributed by atoms with Gasteiger partial charge in [0.2, 0.25) is 0 Å². The van der Waals surface area contributed by atoms with E-state index in [1.54, 1.807) is 7.11 Å². The fourth-order valence-corrected chi connectivity index (χ4v) is 3.65. The fourth-order valence-electron chi connectivity index (χ4n) is 3.65. The van der Waals surface area contributed by atoms with Crippen LogP contribution < -0.4 is 20.3 Å². The molecule has 0 atom stereocenters. The van der Waals surface area contributed by atoms with Crippen LogP contribution >= 0.6 is 24.0 Å². The summed E-state index contributed by atoms with van der Waals surface area (Å²) >= 11 is 0. The van der Waals surface area contributed by atoms with Gasteiger partial charge in [-0.15, -0.1) is 24.0 Å². The number of ether oxygens (including phenoxy) is 2. The molecule has 7 nitrogen and oxygen atoms in total. The van der Waals surface area contributed by atoms with E-state index in [2.05, 4.69) is 38.7 Å². The monoisotopic (exact) mass is 567 g/mol. The number of aliphatic imine (C=N–C) groups is 1. The van der Waals surface area contributed by atoms with Crippen LogP contribution in [0, 0.1) is 0 Å². The summed E-state index contributed by atoms with van der Waals surface area (Å²) < 4.78 is 10.7. The van der Waals surface area contributed by atoms with Crippen LogP contribution in [0.3, 0.4) is 0 Å². The van der Waals surface area contributed by atoms with E-state index in [0.29, 0.717) is 13.1 Å². The van der Waals surface area contributed by atoms with Crippen molar-refractivity contribution in [1.29, 1.82) is 0 Å². The molecule has 1 aromatic heterocycles. The smallest absolute Gasteiger partial charge is 0.191 e. The molecule has 3 rings (SSSR count). The molecule has 0 saturated carbocycles. The molecule has 1 saturated heterocycles. The molecule has 182 valence electrons. The molecule has 2 N–H and O–H groups in total. The van der Waals surface area contributed by atoms with Gasteiger partial charge in [-0.05, 0) is 68.0 Å². The van der Waals surface area contributed by atoms with Gasteiger partial charge < -0.3 is 25.0 Å². The predicted octanol–water partition coefficient (Wildman–Crippen LogP) is 4.36. The van der Waals surface area contributed by atoms with E-state index in [0.717, 1.165) is 56.8 Å². The Balaban J connectivity index is 0.00000385. The third kappa shape index (κ3) is 9.75. The standard InChI is InChI=1S/C25H37N5O2.HI/c1-3-32-17-7-13-27-25(28-19-21-8-10-23(31-2)11-9-21)29-20-22-12-14-26-24(18-22)30-15-5-4-6-16-30;/h8-12,14,18H,3-7,13,15-17,19-20H2,1-2H3,(H2,27,28,29);1H. The van der Waals surface area contributed by atoms with E-state index in [4.69, 9.17) is 14.5 Å². The molecular formula is C25H38IN5O2. The zero-order chi connectivity index (χ0) is 22.4. The Morgan fingerprint density at radius 2 is 1.85 bits per heavy atom. The van der Waals surface area contributed by atoms with Crippen LogP contribution in [0.25, 0.3) is 0 Å². The van der Waals surface area contributed by atoms with Crippen molar-refractivity contribution in [3.63, 3.8) is 0 Å². The van der Waals surface area contributed by atoms with Crippen molar-refractivity contribution in [2.45, 2.75) is 45.7 Å². The molecule has 1 aromatic carbocycles. The van der Waals surface area contributed by atoms with Crippen LogP contribution in [0.2, 0.25) is 0 Å². The van der Waals surface area contributed by atoms with Gasteiger partial charge in [0.05, 0.1) is 13.7 Å². The van der Waals surface area contributed by atoms with Crippen LogP contribution in [-0.4, -0.2) is 50.9 Å². The first-order valence-electron chi connectivity index (χ1n) is 11.7. The lowest BCUT2D eigenvalue weighted by Crippen LogP contribution is -2.37. The number of nitrogens with one attached hydrogen (secondary N) is 2. The molecule has 1 aliphatic heterocycles. The van der Waals surface area contributed by atoms with Gasteiger partial charge in [-0.1, -0.05) is 12.1 Å². The lowest BCUT2D eigenvalue weighted by molar-refractivity contribution is 0.145. The van der Waals surface area contributed by atoms with Gasteiger partial charge in [0.1, 0.15) is 11.6 Å². The van der Waals surface area contributed by atoms with Crippen molar-refractivity contribution in [1.82, 2.24) is 15.6 Å². The maximum Gasteiger partial charge on any atom is 0.191 e. The van der Waals surface area contributed by atoms with Gasteiger partial charge >= 0.3 is 0 Å². The molecule has 0 radical (unpaired) electrons. The molecule has 0 amide bonds. The lowest BCUT2D eigenvalue weighted by Gasteiger charge is -2.27. The zero-order valence-corrected chi connectivity index (χ0v) is 22.2. The number of anilines is 1. The summed E-state index contributed by atoms with van der Waals surface area (Å²) in [7, 11) is 1.68. The largest absolute Gasteiger partial charge is 0.497 e. The number of hydrogen-bond acceptors (Lipinski definition) is 5. The van der Waals surface area contributed by atoms with Crippen molar-refractivity contribution >= 4 is 35.8 Å². The maximum absolute atomic E-state index is 5.44. The summed E-state index contributed by atoms with van der Waals surface area (Å²) in [4.78, 5) is 11.8. The SMILES string of the molecule is CCOCCCNC(=NCc1ccnc(N2CCCCC2)c1)NCc1ccc(OC)cc1.I. The average molecular weight is 568 g/mol. The summed E-state index contributed by atoms with van der Waals surface area (Å²) in [6.45, 7) is 7.80. The number of methoxy groups -OCH3 is 1. The number of piperidine rings is 1. The third-order valence-electron chi connectivity index (χ3n) is 5.49. The summed E-state index contributed by atoms with van der Waals surface area (Å²) in [5, 5.41) is 6.87. The Labute approximate surface area is 215 Å². The molecule has 1 aliphatic rings. The molecule has 0 unspecified atom stereocenters. The van der Waals surface area contributed by atoms with Gasteiger partial charge in [0.15, 0.2) is 5.96 Å². The van der Waals surface area contributed by atoms with E-state index in [1.165, 1.54) is 30.4 Å². The van der Waals surface area contributed by atoms with Crippen molar-refractivity contribution in [3.05, 3.63) is 53.7 Å². The number of halogens is 1. The lowest BCUT2D eigenvalue weighted by atomic mass is 10.1. The molecule has 2 aromatic rings. The summed E-state index contributed by atoms with van der Waals surface area (Å²) in [5.41, 5.74) is 2.34. The first-order chi connectivity index (χ1) is 15.8. The molecule has 8 heteroatoms. The number of hydrogen-bond donors (Lipinski definition) is 2.